The van der Waals surface area contributed by atoms with Crippen LogP contribution >= 0.6 is 0 Å². The maximum atomic E-state index is 12.6. The monoisotopic (exact) mass is 246 g/mol. The van der Waals surface area contributed by atoms with Crippen LogP contribution in [0, 0.1) is 0 Å². The standard InChI is InChI=1S/C10H12F2N2O3/c1-3-17-10(15)6-4-5(7(11)12)8(13)14-9(6)16-2/h4,7H,3H2,1-2H3,(H2,13,14). The smallest absolute Gasteiger partial charge is 0.343 e. The van der Waals surface area contributed by atoms with Crippen LogP contribution in [0.3, 0.4) is 0 Å². The number of nitrogens with zero attached hydrogens (tertiary/aromatic N) is 1. The average Bonchev–Trinajstić information content (AvgIpc) is 2.28. The maximum absolute atomic E-state index is 12.6. The molecule has 0 aliphatic heterocycles. The fraction of sp³-hybridized carbons (Fsp3) is 0.400. The number of nitrogen functional groups attached to an aromatic ring is 1. The third kappa shape index (κ3) is 2.80. The van der Waals surface area contributed by atoms with Gasteiger partial charge in [-0.3, -0.25) is 0 Å². The molecule has 2 N–H and O–H groups in total. The number of carbonyl (C=O) groups is 1. The summed E-state index contributed by atoms with van der Waals surface area (Å²) in [6.45, 7) is 1.72. The number of methoxy groups -OCH3 is 1. The van der Waals surface area contributed by atoms with Gasteiger partial charge in [0.1, 0.15) is 11.4 Å². The number of rotatable bonds is 4. The van der Waals surface area contributed by atoms with Gasteiger partial charge in [-0.2, -0.15) is 4.98 Å². The molecule has 0 radical (unpaired) electrons. The first-order valence-electron chi connectivity index (χ1n) is 4.80. The summed E-state index contributed by atoms with van der Waals surface area (Å²) in [6, 6.07) is 0.934. The summed E-state index contributed by atoms with van der Waals surface area (Å²) in [4.78, 5) is 15.1. The molecule has 7 heteroatoms. The molecule has 0 bridgehead atoms. The largest absolute Gasteiger partial charge is 0.480 e. The molecule has 1 heterocycles. The molecule has 0 fully saturated rings. The van der Waals surface area contributed by atoms with Crippen LogP contribution in [0.5, 0.6) is 5.88 Å². The van der Waals surface area contributed by atoms with Gasteiger partial charge in [0.05, 0.1) is 19.3 Å². The van der Waals surface area contributed by atoms with E-state index in [0.29, 0.717) is 0 Å². The number of nitrogens with two attached hydrogens (primary N) is 1. The molecule has 0 atom stereocenters. The van der Waals surface area contributed by atoms with E-state index in [2.05, 4.69) is 4.98 Å². The van der Waals surface area contributed by atoms with E-state index in [0.717, 1.165) is 6.07 Å². The average molecular weight is 246 g/mol. The summed E-state index contributed by atoms with van der Waals surface area (Å²) < 4.78 is 34.7. The van der Waals surface area contributed by atoms with E-state index in [-0.39, 0.29) is 23.9 Å². The van der Waals surface area contributed by atoms with Crippen molar-refractivity contribution in [3.05, 3.63) is 17.2 Å². The molecule has 1 aromatic rings. The molecule has 0 aliphatic rings. The molecule has 0 amide bonds. The fourth-order valence-corrected chi connectivity index (χ4v) is 1.21. The number of ether oxygens (including phenoxy) is 2. The highest BCUT2D eigenvalue weighted by Gasteiger charge is 2.22. The third-order valence-electron chi connectivity index (χ3n) is 1.97. The van der Waals surface area contributed by atoms with Crippen LogP contribution in [0.2, 0.25) is 0 Å². The fourth-order valence-electron chi connectivity index (χ4n) is 1.21. The predicted octanol–water partition coefficient (Wildman–Crippen LogP) is 1.79. The Labute approximate surface area is 96.5 Å². The van der Waals surface area contributed by atoms with Crippen molar-refractivity contribution in [2.45, 2.75) is 13.3 Å². The SMILES string of the molecule is CCOC(=O)c1cc(C(F)F)c(N)nc1OC. The maximum Gasteiger partial charge on any atom is 0.343 e. The zero-order valence-corrected chi connectivity index (χ0v) is 9.37. The summed E-state index contributed by atoms with van der Waals surface area (Å²) in [6.07, 6.45) is -2.82. The molecule has 94 valence electrons. The number of hydrogen-bond acceptors (Lipinski definition) is 5. The zero-order chi connectivity index (χ0) is 13.0. The molecule has 0 saturated carbocycles. The van der Waals surface area contributed by atoms with Crippen LogP contribution in [0.4, 0.5) is 14.6 Å². The van der Waals surface area contributed by atoms with Crippen molar-refractivity contribution in [3.63, 3.8) is 0 Å². The minimum atomic E-state index is -2.82. The number of carbonyl (C=O) groups excluding carboxylic acids is 1. The molecule has 0 saturated heterocycles. The van der Waals surface area contributed by atoms with E-state index < -0.39 is 18.0 Å². The normalized spacial score (nSPS) is 10.4. The zero-order valence-electron chi connectivity index (χ0n) is 9.37. The first-order chi connectivity index (χ1) is 8.01. The van der Waals surface area contributed by atoms with Gasteiger partial charge in [-0.25, -0.2) is 13.6 Å². The van der Waals surface area contributed by atoms with Crippen molar-refractivity contribution >= 4 is 11.8 Å². The topological polar surface area (TPSA) is 74.4 Å². The Morgan fingerprint density at radius 1 is 1.59 bits per heavy atom. The van der Waals surface area contributed by atoms with Gasteiger partial charge in [0, 0.05) is 0 Å². The Morgan fingerprint density at radius 3 is 2.71 bits per heavy atom. The number of aromatic nitrogens is 1. The highest BCUT2D eigenvalue weighted by molar-refractivity contribution is 5.92. The first kappa shape index (κ1) is 13.1. The summed E-state index contributed by atoms with van der Waals surface area (Å²) in [7, 11) is 1.26. The second-order valence-corrected chi connectivity index (χ2v) is 3.04. The lowest BCUT2D eigenvalue weighted by molar-refractivity contribution is 0.0521. The van der Waals surface area contributed by atoms with Crippen LogP contribution in [-0.4, -0.2) is 24.7 Å². The lowest BCUT2D eigenvalue weighted by atomic mass is 10.2. The van der Waals surface area contributed by atoms with Crippen molar-refractivity contribution in [2.24, 2.45) is 0 Å². The number of hydrogen-bond donors (Lipinski definition) is 1. The summed E-state index contributed by atoms with van der Waals surface area (Å²) in [5.41, 5.74) is 4.63. The number of anilines is 1. The van der Waals surface area contributed by atoms with Crippen LogP contribution in [0.15, 0.2) is 6.07 Å². The summed E-state index contributed by atoms with van der Waals surface area (Å²) in [5.74, 6) is -1.28. The summed E-state index contributed by atoms with van der Waals surface area (Å²) >= 11 is 0. The van der Waals surface area contributed by atoms with Crippen LogP contribution in [0.1, 0.15) is 29.3 Å². The Hall–Kier alpha value is -1.92. The second kappa shape index (κ2) is 5.42. The molecule has 5 nitrogen and oxygen atoms in total. The molecular weight excluding hydrogens is 234 g/mol. The van der Waals surface area contributed by atoms with Gasteiger partial charge in [-0.05, 0) is 13.0 Å². The number of halogens is 2. The van der Waals surface area contributed by atoms with E-state index in [9.17, 15) is 13.6 Å². The van der Waals surface area contributed by atoms with Crippen LogP contribution in [0.25, 0.3) is 0 Å². The van der Waals surface area contributed by atoms with Gasteiger partial charge >= 0.3 is 5.97 Å². The Morgan fingerprint density at radius 2 is 2.24 bits per heavy atom. The summed E-state index contributed by atoms with van der Waals surface area (Å²) in [5, 5.41) is 0. The van der Waals surface area contributed by atoms with E-state index in [1.54, 1.807) is 6.92 Å². The highest BCUT2D eigenvalue weighted by atomic mass is 19.3. The third-order valence-corrected chi connectivity index (χ3v) is 1.97. The first-order valence-corrected chi connectivity index (χ1v) is 4.80. The minimum Gasteiger partial charge on any atom is -0.480 e. The van der Waals surface area contributed by atoms with Crippen molar-refractivity contribution < 1.29 is 23.0 Å². The van der Waals surface area contributed by atoms with Gasteiger partial charge in [0.2, 0.25) is 5.88 Å². The van der Waals surface area contributed by atoms with Crippen LogP contribution < -0.4 is 10.5 Å². The predicted molar refractivity (Wildman–Crippen MR) is 56.1 cm³/mol. The Bertz CT molecular complexity index is 424. The van der Waals surface area contributed by atoms with E-state index in [1.165, 1.54) is 7.11 Å². The number of pyridine rings is 1. The van der Waals surface area contributed by atoms with Crippen molar-refractivity contribution in [3.8, 4) is 5.88 Å². The highest BCUT2D eigenvalue weighted by Crippen LogP contribution is 2.29. The molecule has 0 spiro atoms. The van der Waals surface area contributed by atoms with E-state index >= 15 is 0 Å². The number of alkyl halides is 2. The van der Waals surface area contributed by atoms with Gasteiger partial charge in [-0.15, -0.1) is 0 Å². The van der Waals surface area contributed by atoms with Gasteiger partial charge in [0.25, 0.3) is 6.43 Å². The van der Waals surface area contributed by atoms with Crippen LogP contribution in [-0.2, 0) is 4.74 Å². The number of esters is 1. The lowest BCUT2D eigenvalue weighted by Crippen LogP contribution is -2.11. The molecule has 1 rings (SSSR count). The van der Waals surface area contributed by atoms with Gasteiger partial charge in [0.15, 0.2) is 0 Å². The second-order valence-electron chi connectivity index (χ2n) is 3.04. The molecule has 17 heavy (non-hydrogen) atoms. The molecule has 0 aromatic carbocycles. The lowest BCUT2D eigenvalue weighted by Gasteiger charge is -2.10. The Kier molecular flexibility index (Phi) is 4.19. The molecule has 0 unspecified atom stereocenters. The molecule has 1 aromatic heterocycles. The minimum absolute atomic E-state index is 0.121. The Balaban J connectivity index is 3.26. The van der Waals surface area contributed by atoms with Crippen molar-refractivity contribution in [1.29, 1.82) is 0 Å². The van der Waals surface area contributed by atoms with Crippen molar-refractivity contribution in [2.75, 3.05) is 19.5 Å². The van der Waals surface area contributed by atoms with Crippen molar-refractivity contribution in [1.82, 2.24) is 4.98 Å². The van der Waals surface area contributed by atoms with Gasteiger partial charge in [-0.1, -0.05) is 0 Å². The molecular formula is C10H12F2N2O3. The quantitative estimate of drug-likeness (QED) is 0.820. The molecule has 0 aliphatic carbocycles. The van der Waals surface area contributed by atoms with E-state index in [4.69, 9.17) is 15.2 Å². The van der Waals surface area contributed by atoms with E-state index in [1.807, 2.05) is 0 Å². The van der Waals surface area contributed by atoms with Gasteiger partial charge < -0.3 is 15.2 Å².